The number of ketones is 2. The van der Waals surface area contributed by atoms with Crippen molar-refractivity contribution in [2.75, 3.05) is 0 Å². The van der Waals surface area contributed by atoms with E-state index in [4.69, 9.17) is 4.74 Å². The number of ether oxygens (including phenoxy) is 1. The Hall–Kier alpha value is -1.98. The monoisotopic (exact) mass is 429 g/mol. The van der Waals surface area contributed by atoms with Crippen molar-refractivity contribution in [2.24, 2.45) is 34.5 Å². The standard InChI is InChI=1S/C25H34O6/c1-14(26)18-6-7-19-17-5-4-15-12-16(27)10-11-24(15,2)23(17)20(13-25(18,19)3)31-22(30)9-8-21(28)29/h12,17-20,23H,4-11,13H2,1-3H3,(H,28,29)/p-1/t17-,18+,19-,20-,23+,24+,25-/m1/s1. The Morgan fingerprint density at radius 1 is 1.13 bits per heavy atom. The first-order valence-corrected chi connectivity index (χ1v) is 11.7. The molecule has 0 aliphatic heterocycles. The lowest BCUT2D eigenvalue weighted by atomic mass is 9.46. The Morgan fingerprint density at radius 3 is 2.55 bits per heavy atom. The van der Waals surface area contributed by atoms with Gasteiger partial charge in [0.2, 0.25) is 0 Å². The topological polar surface area (TPSA) is 101 Å². The fourth-order valence-corrected chi connectivity index (χ4v) is 7.86. The molecule has 4 rings (SSSR count). The zero-order valence-electron chi connectivity index (χ0n) is 18.8. The molecule has 170 valence electrons. The molecule has 0 bridgehead atoms. The van der Waals surface area contributed by atoms with Crippen LogP contribution in [0.1, 0.15) is 78.6 Å². The normalized spacial score (nSPS) is 41.5. The number of carbonyl (C=O) groups is 4. The number of hydrogen-bond donors (Lipinski definition) is 0. The summed E-state index contributed by atoms with van der Waals surface area (Å²) in [5.74, 6) is -0.602. The van der Waals surface area contributed by atoms with E-state index < -0.39 is 11.9 Å². The Balaban J connectivity index is 1.70. The fraction of sp³-hybridized carbons (Fsp3) is 0.760. The maximum Gasteiger partial charge on any atom is 0.306 e. The number of Topliss-reactive ketones (excluding diaryl/α,β-unsaturated/α-hetero) is 1. The number of fused-ring (bicyclic) bond motifs is 5. The van der Waals surface area contributed by atoms with Crippen molar-refractivity contribution in [1.82, 2.24) is 0 Å². The van der Waals surface area contributed by atoms with E-state index in [-0.39, 0.29) is 53.2 Å². The molecule has 0 radical (unpaired) electrons. The molecule has 0 aromatic rings. The average Bonchev–Trinajstić information content (AvgIpc) is 3.03. The number of allylic oxidation sites excluding steroid dienone is 1. The third kappa shape index (κ3) is 3.66. The molecular formula is C25H33O6-. The van der Waals surface area contributed by atoms with Gasteiger partial charge in [-0.15, -0.1) is 0 Å². The number of rotatable bonds is 5. The predicted octanol–water partition coefficient (Wildman–Crippen LogP) is 2.78. The molecule has 0 aromatic carbocycles. The molecule has 0 amide bonds. The molecule has 7 atom stereocenters. The molecule has 0 unspecified atom stereocenters. The van der Waals surface area contributed by atoms with Crippen LogP contribution in [0.25, 0.3) is 0 Å². The SMILES string of the molecule is CC(=O)[C@@H]1CC[C@@H]2[C@H]3CCC4=CC(=O)CC[C@]4(C)[C@@H]3[C@H](OC(=O)CCC(=O)[O-])C[C@@]21C. The minimum absolute atomic E-state index is 0.0273. The minimum Gasteiger partial charge on any atom is -0.550 e. The second-order valence-corrected chi connectivity index (χ2v) is 10.7. The number of hydrogen-bond acceptors (Lipinski definition) is 6. The first-order chi connectivity index (χ1) is 14.6. The quantitative estimate of drug-likeness (QED) is 0.623. The molecule has 3 saturated carbocycles. The van der Waals surface area contributed by atoms with Gasteiger partial charge in [0, 0.05) is 24.2 Å². The summed E-state index contributed by atoms with van der Waals surface area (Å²) in [6.45, 7) is 6.07. The summed E-state index contributed by atoms with van der Waals surface area (Å²) < 4.78 is 6.00. The van der Waals surface area contributed by atoms with Crippen molar-refractivity contribution in [2.45, 2.75) is 84.7 Å². The van der Waals surface area contributed by atoms with Crippen molar-refractivity contribution >= 4 is 23.5 Å². The van der Waals surface area contributed by atoms with Crippen molar-refractivity contribution in [3.63, 3.8) is 0 Å². The van der Waals surface area contributed by atoms with Gasteiger partial charge in [0.1, 0.15) is 11.9 Å². The first kappa shape index (κ1) is 22.2. The smallest absolute Gasteiger partial charge is 0.306 e. The van der Waals surface area contributed by atoms with Crippen LogP contribution in [0.4, 0.5) is 0 Å². The highest BCUT2D eigenvalue weighted by Gasteiger charge is 2.63. The van der Waals surface area contributed by atoms with Gasteiger partial charge in [0.15, 0.2) is 5.78 Å². The highest BCUT2D eigenvalue weighted by atomic mass is 16.5. The lowest BCUT2D eigenvalue weighted by Gasteiger charge is -2.60. The number of esters is 1. The fourth-order valence-electron chi connectivity index (χ4n) is 7.86. The first-order valence-electron chi connectivity index (χ1n) is 11.7. The molecular weight excluding hydrogens is 396 g/mol. The highest BCUT2D eigenvalue weighted by Crippen LogP contribution is 2.67. The Kier molecular flexibility index (Phi) is 5.63. The summed E-state index contributed by atoms with van der Waals surface area (Å²) in [7, 11) is 0. The maximum absolute atomic E-state index is 12.6. The van der Waals surface area contributed by atoms with Crippen LogP contribution in [0.5, 0.6) is 0 Å². The third-order valence-electron chi connectivity index (χ3n) is 9.18. The zero-order chi connectivity index (χ0) is 22.6. The summed E-state index contributed by atoms with van der Waals surface area (Å²) in [5.41, 5.74) is 0.755. The highest BCUT2D eigenvalue weighted by molar-refractivity contribution is 5.91. The molecule has 3 fully saturated rings. The van der Waals surface area contributed by atoms with Gasteiger partial charge in [-0.25, -0.2) is 0 Å². The molecule has 0 saturated heterocycles. The van der Waals surface area contributed by atoms with Gasteiger partial charge >= 0.3 is 5.97 Å². The van der Waals surface area contributed by atoms with Gasteiger partial charge in [-0.1, -0.05) is 19.4 Å². The summed E-state index contributed by atoms with van der Waals surface area (Å²) in [6.07, 6.45) is 6.48. The van der Waals surface area contributed by atoms with Crippen molar-refractivity contribution in [3.8, 4) is 0 Å². The van der Waals surface area contributed by atoms with E-state index in [2.05, 4.69) is 13.8 Å². The van der Waals surface area contributed by atoms with Gasteiger partial charge in [-0.3, -0.25) is 14.4 Å². The van der Waals surface area contributed by atoms with Gasteiger partial charge in [0.25, 0.3) is 0 Å². The largest absolute Gasteiger partial charge is 0.550 e. The van der Waals surface area contributed by atoms with Crippen molar-refractivity contribution < 1.29 is 29.0 Å². The van der Waals surface area contributed by atoms with Crippen LogP contribution < -0.4 is 5.11 Å². The van der Waals surface area contributed by atoms with E-state index in [0.29, 0.717) is 24.7 Å². The zero-order valence-corrected chi connectivity index (χ0v) is 18.8. The number of carboxylic acids is 1. The van der Waals surface area contributed by atoms with Crippen LogP contribution in [0, 0.1) is 34.5 Å². The summed E-state index contributed by atoms with van der Waals surface area (Å²) in [5, 5.41) is 10.8. The molecule has 0 aromatic heterocycles. The Labute approximate surface area is 183 Å². The molecule has 4 aliphatic rings. The Morgan fingerprint density at radius 2 is 1.87 bits per heavy atom. The molecule has 0 heterocycles. The van der Waals surface area contributed by atoms with Gasteiger partial charge in [-0.05, 0) is 80.6 Å². The summed E-state index contributed by atoms with van der Waals surface area (Å²) >= 11 is 0. The van der Waals surface area contributed by atoms with Crippen LogP contribution in [0.15, 0.2) is 11.6 Å². The molecule has 6 heteroatoms. The van der Waals surface area contributed by atoms with Gasteiger partial charge in [-0.2, -0.15) is 0 Å². The van der Waals surface area contributed by atoms with Crippen LogP contribution in [-0.2, 0) is 23.9 Å². The molecule has 31 heavy (non-hydrogen) atoms. The van der Waals surface area contributed by atoms with Gasteiger partial charge < -0.3 is 14.6 Å². The van der Waals surface area contributed by atoms with Crippen LogP contribution >= 0.6 is 0 Å². The summed E-state index contributed by atoms with van der Waals surface area (Å²) in [6, 6.07) is 0. The average molecular weight is 430 g/mol. The van der Waals surface area contributed by atoms with E-state index in [1.807, 2.05) is 6.08 Å². The predicted molar refractivity (Wildman–Crippen MR) is 110 cm³/mol. The number of carbonyl (C=O) groups excluding carboxylic acids is 4. The van der Waals surface area contributed by atoms with Crippen molar-refractivity contribution in [1.29, 1.82) is 0 Å². The van der Waals surface area contributed by atoms with E-state index in [0.717, 1.165) is 32.1 Å². The lowest BCUT2D eigenvalue weighted by Crippen LogP contribution is -2.58. The van der Waals surface area contributed by atoms with E-state index >= 15 is 0 Å². The lowest BCUT2D eigenvalue weighted by molar-refractivity contribution is -0.305. The molecule has 0 N–H and O–H groups in total. The molecule has 0 spiro atoms. The van der Waals surface area contributed by atoms with E-state index in [1.54, 1.807) is 6.92 Å². The second-order valence-electron chi connectivity index (χ2n) is 10.7. The Bertz CT molecular complexity index is 843. The van der Waals surface area contributed by atoms with Crippen LogP contribution in [0.2, 0.25) is 0 Å². The number of carboxylic acid groups (broad SMARTS) is 1. The van der Waals surface area contributed by atoms with Crippen LogP contribution in [0.3, 0.4) is 0 Å². The molecule has 6 nitrogen and oxygen atoms in total. The third-order valence-corrected chi connectivity index (χ3v) is 9.18. The minimum atomic E-state index is -1.27. The number of aliphatic carboxylic acids is 1. The maximum atomic E-state index is 12.6. The van der Waals surface area contributed by atoms with E-state index in [1.165, 1.54) is 5.57 Å². The van der Waals surface area contributed by atoms with Crippen LogP contribution in [-0.4, -0.2) is 29.6 Å². The summed E-state index contributed by atoms with van der Waals surface area (Å²) in [4.78, 5) is 48.0. The second kappa shape index (κ2) is 7.86. The van der Waals surface area contributed by atoms with Crippen molar-refractivity contribution in [3.05, 3.63) is 11.6 Å². The molecule has 4 aliphatic carbocycles. The van der Waals surface area contributed by atoms with E-state index in [9.17, 15) is 24.3 Å². The van der Waals surface area contributed by atoms with Gasteiger partial charge in [0.05, 0.1) is 6.42 Å².